The average molecular weight is 342 g/mol. The molecule has 1 N–H and O–H groups in total. The van der Waals surface area contributed by atoms with Gasteiger partial charge in [-0.2, -0.15) is 0 Å². The largest absolute Gasteiger partial charge is 0.380 e. The molecule has 2 atom stereocenters. The first-order valence-corrected chi connectivity index (χ1v) is 7.87. The fourth-order valence-corrected chi connectivity index (χ4v) is 4.08. The van der Waals surface area contributed by atoms with E-state index in [1.54, 1.807) is 6.07 Å². The smallest absolute Gasteiger partial charge is 0.127 e. The zero-order valence-corrected chi connectivity index (χ0v) is 13.8. The number of benzene rings is 2. The molecule has 110 valence electrons. The fraction of sp³-hybridized carbons (Fsp3) is 0.294. The summed E-state index contributed by atoms with van der Waals surface area (Å²) in [5.41, 5.74) is -0.668. The molecular weight excluding hydrogens is 327 g/mol. The van der Waals surface area contributed by atoms with Crippen molar-refractivity contribution in [1.82, 2.24) is 0 Å². The van der Waals surface area contributed by atoms with Gasteiger partial charge < -0.3 is 5.11 Å². The van der Waals surface area contributed by atoms with Crippen LogP contribution in [0.25, 0.3) is 0 Å². The molecule has 0 aliphatic heterocycles. The molecule has 0 spiro atoms. The molecule has 21 heavy (non-hydrogen) atoms. The number of alkyl halides is 2. The first kappa shape index (κ1) is 15.2. The van der Waals surface area contributed by atoms with Crippen molar-refractivity contribution in [2.24, 2.45) is 5.41 Å². The zero-order valence-electron chi connectivity index (χ0n) is 11.5. The molecule has 4 heteroatoms. The second-order valence-electron chi connectivity index (χ2n) is 5.77. The Labute approximate surface area is 139 Å². The minimum atomic E-state index is -1.34. The van der Waals surface area contributed by atoms with E-state index in [1.807, 2.05) is 55.5 Å². The number of hydrogen-bond acceptors (Lipinski definition) is 1. The van der Waals surface area contributed by atoms with Gasteiger partial charge in [0, 0.05) is 16.0 Å². The summed E-state index contributed by atoms with van der Waals surface area (Å²) in [7, 11) is 0. The molecular formula is C17H15Cl3O. The lowest BCUT2D eigenvalue weighted by Gasteiger charge is -2.37. The van der Waals surface area contributed by atoms with Gasteiger partial charge >= 0.3 is 0 Å². The molecule has 0 heterocycles. The van der Waals surface area contributed by atoms with Crippen molar-refractivity contribution in [3.8, 4) is 0 Å². The Morgan fingerprint density at radius 3 is 2.05 bits per heavy atom. The van der Waals surface area contributed by atoms with Crippen LogP contribution in [0.1, 0.15) is 24.5 Å². The van der Waals surface area contributed by atoms with E-state index in [-0.39, 0.29) is 0 Å². The molecule has 1 aliphatic carbocycles. The molecule has 2 aromatic carbocycles. The zero-order chi connectivity index (χ0) is 15.3. The number of aliphatic hydroxyl groups is 1. The number of hydrogen-bond donors (Lipinski definition) is 1. The van der Waals surface area contributed by atoms with E-state index < -0.39 is 15.3 Å². The summed E-state index contributed by atoms with van der Waals surface area (Å²) in [5.74, 6) is 0. The Kier molecular flexibility index (Phi) is 3.53. The van der Waals surface area contributed by atoms with E-state index in [4.69, 9.17) is 34.8 Å². The standard InChI is InChI=1S/C17H15Cl3O/c1-15(11-16(15,19)20)17(21,12-7-3-2-4-8-12)13-9-5-6-10-14(13)18/h2-10,21H,11H2,1H3/t15-,17?/m1/s1. The Morgan fingerprint density at radius 2 is 1.52 bits per heavy atom. The van der Waals surface area contributed by atoms with E-state index >= 15 is 0 Å². The van der Waals surface area contributed by atoms with Gasteiger partial charge in [0.2, 0.25) is 0 Å². The Balaban J connectivity index is 2.25. The second kappa shape index (κ2) is 4.89. The maximum absolute atomic E-state index is 11.6. The molecule has 0 saturated heterocycles. The van der Waals surface area contributed by atoms with Crippen molar-refractivity contribution in [3.63, 3.8) is 0 Å². The quantitative estimate of drug-likeness (QED) is 0.765. The maximum atomic E-state index is 11.6. The lowest BCUT2D eigenvalue weighted by atomic mass is 9.74. The van der Waals surface area contributed by atoms with Crippen LogP contribution >= 0.6 is 34.8 Å². The summed E-state index contributed by atoms with van der Waals surface area (Å²) in [4.78, 5) is 0. The Morgan fingerprint density at radius 1 is 1.00 bits per heavy atom. The molecule has 0 aromatic heterocycles. The van der Waals surface area contributed by atoms with Gasteiger partial charge in [0.1, 0.15) is 9.93 Å². The van der Waals surface area contributed by atoms with Crippen molar-refractivity contribution >= 4 is 34.8 Å². The molecule has 1 saturated carbocycles. The highest BCUT2D eigenvalue weighted by Gasteiger charge is 2.73. The van der Waals surface area contributed by atoms with Crippen LogP contribution in [-0.2, 0) is 5.60 Å². The molecule has 1 aliphatic rings. The molecule has 1 nitrogen and oxygen atoms in total. The van der Waals surface area contributed by atoms with E-state index in [9.17, 15) is 5.11 Å². The van der Waals surface area contributed by atoms with Crippen molar-refractivity contribution in [2.75, 3.05) is 0 Å². The molecule has 0 bridgehead atoms. The Hall–Kier alpha value is -0.730. The maximum Gasteiger partial charge on any atom is 0.127 e. The summed E-state index contributed by atoms with van der Waals surface area (Å²) in [6.45, 7) is 1.89. The normalized spacial score (nSPS) is 26.1. The fourth-order valence-electron chi connectivity index (χ4n) is 3.00. The number of rotatable bonds is 3. The lowest BCUT2D eigenvalue weighted by Crippen LogP contribution is -2.39. The Bertz CT molecular complexity index is 671. The summed E-state index contributed by atoms with van der Waals surface area (Å²) in [5, 5.41) is 12.1. The monoisotopic (exact) mass is 340 g/mol. The molecule has 0 radical (unpaired) electrons. The molecule has 1 fully saturated rings. The number of halogens is 3. The lowest BCUT2D eigenvalue weighted by molar-refractivity contribution is 0.00848. The third-order valence-electron chi connectivity index (χ3n) is 4.51. The third kappa shape index (κ3) is 2.10. The van der Waals surface area contributed by atoms with Crippen LogP contribution < -0.4 is 0 Å². The van der Waals surface area contributed by atoms with E-state index in [1.165, 1.54) is 0 Å². The van der Waals surface area contributed by atoms with E-state index in [2.05, 4.69) is 0 Å². The summed E-state index contributed by atoms with van der Waals surface area (Å²) >= 11 is 19.0. The van der Waals surface area contributed by atoms with Crippen LogP contribution in [0.3, 0.4) is 0 Å². The van der Waals surface area contributed by atoms with E-state index in [0.29, 0.717) is 17.0 Å². The molecule has 1 unspecified atom stereocenters. The van der Waals surface area contributed by atoms with Crippen molar-refractivity contribution in [3.05, 3.63) is 70.7 Å². The van der Waals surface area contributed by atoms with Crippen LogP contribution in [0.5, 0.6) is 0 Å². The first-order chi connectivity index (χ1) is 9.83. The van der Waals surface area contributed by atoms with Gasteiger partial charge in [0.15, 0.2) is 0 Å². The first-order valence-electron chi connectivity index (χ1n) is 6.74. The topological polar surface area (TPSA) is 20.2 Å². The second-order valence-corrected chi connectivity index (χ2v) is 7.66. The van der Waals surface area contributed by atoms with Crippen molar-refractivity contribution < 1.29 is 5.11 Å². The minimum absolute atomic E-state index is 0.500. The van der Waals surface area contributed by atoms with Crippen LogP contribution in [0.2, 0.25) is 5.02 Å². The van der Waals surface area contributed by atoms with Gasteiger partial charge in [-0.25, -0.2) is 0 Å². The van der Waals surface area contributed by atoms with Gasteiger partial charge in [-0.15, -0.1) is 23.2 Å². The predicted molar refractivity (Wildman–Crippen MR) is 88.1 cm³/mol. The van der Waals surface area contributed by atoms with Gasteiger partial charge in [-0.05, 0) is 18.1 Å². The minimum Gasteiger partial charge on any atom is -0.380 e. The van der Waals surface area contributed by atoms with Gasteiger partial charge in [-0.3, -0.25) is 0 Å². The van der Waals surface area contributed by atoms with Crippen molar-refractivity contribution in [2.45, 2.75) is 23.3 Å². The summed E-state index contributed by atoms with van der Waals surface area (Å²) < 4.78 is -0.975. The molecule has 0 amide bonds. The summed E-state index contributed by atoms with van der Waals surface area (Å²) in [6.07, 6.45) is 0.500. The molecule has 3 rings (SSSR count). The van der Waals surface area contributed by atoms with Gasteiger partial charge in [0.25, 0.3) is 0 Å². The highest BCUT2D eigenvalue weighted by atomic mass is 35.5. The summed E-state index contributed by atoms with van der Waals surface area (Å²) in [6, 6.07) is 16.7. The van der Waals surface area contributed by atoms with Crippen LogP contribution in [0.4, 0.5) is 0 Å². The predicted octanol–water partition coefficient (Wildman–Crippen LogP) is 5.16. The highest BCUT2D eigenvalue weighted by molar-refractivity contribution is 6.51. The van der Waals surface area contributed by atoms with Gasteiger partial charge in [0.05, 0.1) is 0 Å². The SMILES string of the molecule is C[C@@]1(C(O)(c2ccccc2)c2ccccc2Cl)CC1(Cl)Cl. The van der Waals surface area contributed by atoms with Crippen LogP contribution in [0, 0.1) is 5.41 Å². The highest BCUT2D eigenvalue weighted by Crippen LogP contribution is 2.72. The van der Waals surface area contributed by atoms with Crippen molar-refractivity contribution in [1.29, 1.82) is 0 Å². The third-order valence-corrected chi connectivity index (χ3v) is 5.94. The van der Waals surface area contributed by atoms with Crippen LogP contribution in [0.15, 0.2) is 54.6 Å². The van der Waals surface area contributed by atoms with Crippen LogP contribution in [-0.4, -0.2) is 9.44 Å². The average Bonchev–Trinajstić information content (AvgIpc) is 3.00. The molecule has 2 aromatic rings. The van der Waals surface area contributed by atoms with E-state index in [0.717, 1.165) is 5.56 Å². The van der Waals surface area contributed by atoms with Gasteiger partial charge in [-0.1, -0.05) is 67.1 Å².